The van der Waals surface area contributed by atoms with E-state index in [0.717, 1.165) is 24.8 Å². The highest BCUT2D eigenvalue weighted by molar-refractivity contribution is 5.90. The van der Waals surface area contributed by atoms with Gasteiger partial charge in [0, 0.05) is 0 Å². The highest BCUT2D eigenvalue weighted by Gasteiger charge is 2.10. The van der Waals surface area contributed by atoms with Crippen LogP contribution in [0.1, 0.15) is 35.7 Å². The van der Waals surface area contributed by atoms with Crippen molar-refractivity contribution < 1.29 is 9.63 Å². The summed E-state index contributed by atoms with van der Waals surface area (Å²) in [5.74, 6) is 4.39. The number of carbonyl (C=O) groups is 1. The van der Waals surface area contributed by atoms with Crippen molar-refractivity contribution >= 4 is 5.97 Å². The van der Waals surface area contributed by atoms with E-state index in [1.54, 1.807) is 6.07 Å². The van der Waals surface area contributed by atoms with Crippen LogP contribution in [0.25, 0.3) is 0 Å². The molecule has 1 aromatic carbocycles. The maximum atomic E-state index is 11.3. The minimum atomic E-state index is -0.461. The molecule has 0 aliphatic rings. The van der Waals surface area contributed by atoms with E-state index in [9.17, 15) is 4.79 Å². The SMILES string of the molecule is CCCCc1ccccc1C(=O)ON. The molecule has 0 heterocycles. The third-order valence-corrected chi connectivity index (χ3v) is 2.14. The quantitative estimate of drug-likeness (QED) is 0.744. The normalized spacial score (nSPS) is 9.86. The van der Waals surface area contributed by atoms with Crippen LogP contribution in [0.15, 0.2) is 24.3 Å². The van der Waals surface area contributed by atoms with Crippen molar-refractivity contribution in [2.75, 3.05) is 0 Å². The molecule has 1 aromatic rings. The van der Waals surface area contributed by atoms with Gasteiger partial charge in [0.2, 0.25) is 0 Å². The third-order valence-electron chi connectivity index (χ3n) is 2.14. The molecule has 3 nitrogen and oxygen atoms in total. The Labute approximate surface area is 83.8 Å². The fraction of sp³-hybridized carbons (Fsp3) is 0.364. The molecule has 0 atom stereocenters. The molecule has 0 amide bonds. The van der Waals surface area contributed by atoms with Gasteiger partial charge in [-0.3, -0.25) is 0 Å². The lowest BCUT2D eigenvalue weighted by Gasteiger charge is -2.05. The predicted molar refractivity (Wildman–Crippen MR) is 54.7 cm³/mol. The number of aryl methyl sites for hydroxylation is 1. The van der Waals surface area contributed by atoms with E-state index in [1.165, 1.54) is 0 Å². The van der Waals surface area contributed by atoms with Gasteiger partial charge in [0.15, 0.2) is 0 Å². The number of carbonyl (C=O) groups excluding carboxylic acids is 1. The smallest absolute Gasteiger partial charge is 0.356 e. The Hall–Kier alpha value is -1.35. The Morgan fingerprint density at radius 3 is 2.79 bits per heavy atom. The fourth-order valence-electron chi connectivity index (χ4n) is 1.37. The average Bonchev–Trinajstić information content (AvgIpc) is 2.25. The second kappa shape index (κ2) is 5.40. The summed E-state index contributed by atoms with van der Waals surface area (Å²) in [6.45, 7) is 2.11. The molecule has 0 aromatic heterocycles. The van der Waals surface area contributed by atoms with Crippen molar-refractivity contribution in [3.05, 3.63) is 35.4 Å². The minimum Gasteiger partial charge on any atom is -0.370 e. The van der Waals surface area contributed by atoms with Crippen LogP contribution in [0.5, 0.6) is 0 Å². The lowest BCUT2D eigenvalue weighted by Crippen LogP contribution is -2.12. The topological polar surface area (TPSA) is 52.3 Å². The van der Waals surface area contributed by atoms with Gasteiger partial charge in [-0.2, -0.15) is 5.90 Å². The first-order valence-corrected chi connectivity index (χ1v) is 4.78. The van der Waals surface area contributed by atoms with Gasteiger partial charge < -0.3 is 4.84 Å². The van der Waals surface area contributed by atoms with E-state index in [2.05, 4.69) is 11.8 Å². The van der Waals surface area contributed by atoms with Gasteiger partial charge in [-0.15, -0.1) is 0 Å². The van der Waals surface area contributed by atoms with E-state index < -0.39 is 5.97 Å². The first-order chi connectivity index (χ1) is 6.79. The average molecular weight is 193 g/mol. The first-order valence-electron chi connectivity index (χ1n) is 4.78. The number of benzene rings is 1. The molecule has 0 saturated heterocycles. The maximum absolute atomic E-state index is 11.3. The second-order valence-corrected chi connectivity index (χ2v) is 3.17. The molecule has 0 aliphatic carbocycles. The van der Waals surface area contributed by atoms with Crippen molar-refractivity contribution in [2.24, 2.45) is 5.90 Å². The van der Waals surface area contributed by atoms with Crippen molar-refractivity contribution in [3.8, 4) is 0 Å². The summed E-state index contributed by atoms with van der Waals surface area (Å²) in [7, 11) is 0. The summed E-state index contributed by atoms with van der Waals surface area (Å²) in [5.41, 5.74) is 1.58. The van der Waals surface area contributed by atoms with Gasteiger partial charge in [0.25, 0.3) is 0 Å². The van der Waals surface area contributed by atoms with E-state index in [-0.39, 0.29) is 0 Å². The highest BCUT2D eigenvalue weighted by atomic mass is 16.7. The van der Waals surface area contributed by atoms with Crippen LogP contribution in [-0.4, -0.2) is 5.97 Å². The molecule has 0 fully saturated rings. The molecular weight excluding hydrogens is 178 g/mol. The molecule has 0 unspecified atom stereocenters. The van der Waals surface area contributed by atoms with Gasteiger partial charge in [-0.1, -0.05) is 31.5 Å². The zero-order valence-corrected chi connectivity index (χ0v) is 8.32. The maximum Gasteiger partial charge on any atom is 0.356 e. The zero-order chi connectivity index (χ0) is 10.4. The molecule has 0 saturated carbocycles. The van der Waals surface area contributed by atoms with Crippen LogP contribution in [0, 0.1) is 0 Å². The molecule has 0 spiro atoms. The number of hydrogen-bond acceptors (Lipinski definition) is 3. The van der Waals surface area contributed by atoms with Gasteiger partial charge in [0.05, 0.1) is 5.56 Å². The largest absolute Gasteiger partial charge is 0.370 e. The summed E-state index contributed by atoms with van der Waals surface area (Å²) >= 11 is 0. The van der Waals surface area contributed by atoms with E-state index in [4.69, 9.17) is 5.90 Å². The first kappa shape index (κ1) is 10.7. The summed E-state index contributed by atoms with van der Waals surface area (Å²) in [5, 5.41) is 0. The number of rotatable bonds is 4. The van der Waals surface area contributed by atoms with Crippen molar-refractivity contribution in [1.82, 2.24) is 0 Å². The number of hydrogen-bond donors (Lipinski definition) is 1. The lowest BCUT2D eigenvalue weighted by molar-refractivity contribution is 0.0502. The Morgan fingerprint density at radius 1 is 1.43 bits per heavy atom. The van der Waals surface area contributed by atoms with Crippen LogP contribution in [-0.2, 0) is 11.3 Å². The molecular formula is C11H15NO2. The molecule has 76 valence electrons. The minimum absolute atomic E-state index is 0.461. The third kappa shape index (κ3) is 2.57. The Balaban J connectivity index is 2.85. The van der Waals surface area contributed by atoms with Gasteiger partial charge in [0.1, 0.15) is 0 Å². The molecule has 3 heteroatoms. The second-order valence-electron chi connectivity index (χ2n) is 3.17. The monoisotopic (exact) mass is 193 g/mol. The molecule has 2 N–H and O–H groups in total. The van der Waals surface area contributed by atoms with Crippen LogP contribution in [0.3, 0.4) is 0 Å². The predicted octanol–water partition coefficient (Wildman–Crippen LogP) is 2.06. The number of nitrogens with two attached hydrogens (primary N) is 1. The molecule has 0 bridgehead atoms. The van der Waals surface area contributed by atoms with Gasteiger partial charge in [-0.05, 0) is 24.5 Å². The van der Waals surface area contributed by atoms with Crippen molar-refractivity contribution in [2.45, 2.75) is 26.2 Å². The molecule has 0 radical (unpaired) electrons. The van der Waals surface area contributed by atoms with E-state index in [1.807, 2.05) is 18.2 Å². The van der Waals surface area contributed by atoms with Crippen LogP contribution in [0.4, 0.5) is 0 Å². The molecule has 1 rings (SSSR count). The van der Waals surface area contributed by atoms with E-state index in [0.29, 0.717) is 5.56 Å². The summed E-state index contributed by atoms with van der Waals surface area (Å²) in [6.07, 6.45) is 3.06. The molecule has 14 heavy (non-hydrogen) atoms. The van der Waals surface area contributed by atoms with Gasteiger partial charge in [-0.25, -0.2) is 4.79 Å². The summed E-state index contributed by atoms with van der Waals surface area (Å²) in [6, 6.07) is 7.39. The zero-order valence-electron chi connectivity index (χ0n) is 8.32. The van der Waals surface area contributed by atoms with Crippen LogP contribution < -0.4 is 5.90 Å². The van der Waals surface area contributed by atoms with Gasteiger partial charge >= 0.3 is 5.97 Å². The van der Waals surface area contributed by atoms with Crippen molar-refractivity contribution in [1.29, 1.82) is 0 Å². The van der Waals surface area contributed by atoms with Crippen molar-refractivity contribution in [3.63, 3.8) is 0 Å². The Kier molecular flexibility index (Phi) is 4.13. The Morgan fingerprint density at radius 2 is 2.14 bits per heavy atom. The van der Waals surface area contributed by atoms with Crippen LogP contribution >= 0.6 is 0 Å². The summed E-state index contributed by atoms with van der Waals surface area (Å²) in [4.78, 5) is 15.5. The van der Waals surface area contributed by atoms with Crippen LogP contribution in [0.2, 0.25) is 0 Å². The Bertz CT molecular complexity index is 310. The summed E-state index contributed by atoms with van der Waals surface area (Å²) < 4.78 is 0. The standard InChI is InChI=1S/C11H15NO2/c1-2-3-6-9-7-4-5-8-10(9)11(13)14-12/h4-5,7-8H,2-3,6,12H2,1H3. The number of unbranched alkanes of at least 4 members (excludes halogenated alkanes) is 1. The fourth-order valence-corrected chi connectivity index (χ4v) is 1.37. The molecule has 0 aliphatic heterocycles. The van der Waals surface area contributed by atoms with E-state index >= 15 is 0 Å². The lowest BCUT2D eigenvalue weighted by atomic mass is 10.0. The highest BCUT2D eigenvalue weighted by Crippen LogP contribution is 2.12.